The molecule has 1 aromatic heterocycles. The summed E-state index contributed by atoms with van der Waals surface area (Å²) in [6.45, 7) is 1.91. The lowest BCUT2D eigenvalue weighted by atomic mass is 10.1. The monoisotopic (exact) mass is 397 g/mol. The average molecular weight is 398 g/mol. The van der Waals surface area contributed by atoms with E-state index in [1.54, 1.807) is 12.1 Å². The van der Waals surface area contributed by atoms with Crippen LogP contribution in [0, 0.1) is 6.92 Å². The van der Waals surface area contributed by atoms with E-state index < -0.39 is 0 Å². The molecule has 3 aromatic rings. The number of aryl methyl sites for hydroxylation is 1. The molecule has 6 heteroatoms. The molecule has 126 valence electrons. The van der Waals surface area contributed by atoms with Crippen LogP contribution < -0.4 is 10.9 Å². The van der Waals surface area contributed by atoms with E-state index in [-0.39, 0.29) is 18.0 Å². The summed E-state index contributed by atoms with van der Waals surface area (Å²) in [5.41, 5.74) is 3.00. The number of amides is 1. The van der Waals surface area contributed by atoms with Gasteiger partial charge in [0.2, 0.25) is 5.91 Å². The Balaban J connectivity index is 1.74. The molecule has 2 aromatic carbocycles. The Morgan fingerprint density at radius 1 is 1.16 bits per heavy atom. The molecule has 0 bridgehead atoms. The van der Waals surface area contributed by atoms with E-state index in [9.17, 15) is 9.59 Å². The summed E-state index contributed by atoms with van der Waals surface area (Å²) < 4.78 is 2.15. The zero-order valence-electron chi connectivity index (χ0n) is 13.6. The number of benzene rings is 2. The van der Waals surface area contributed by atoms with Crippen LogP contribution in [0.25, 0.3) is 11.3 Å². The van der Waals surface area contributed by atoms with Crippen molar-refractivity contribution in [3.05, 3.63) is 81.3 Å². The van der Waals surface area contributed by atoms with Crippen molar-refractivity contribution in [2.24, 2.45) is 0 Å². The summed E-state index contributed by atoms with van der Waals surface area (Å²) in [5, 5.41) is 2.75. The van der Waals surface area contributed by atoms with Gasteiger partial charge < -0.3 is 5.32 Å². The fraction of sp³-hybridized carbons (Fsp3) is 0.105. The highest BCUT2D eigenvalue weighted by Crippen LogP contribution is 2.16. The second-order valence-corrected chi connectivity index (χ2v) is 6.58. The minimum Gasteiger partial charge on any atom is -0.324 e. The van der Waals surface area contributed by atoms with Gasteiger partial charge in [-0.25, -0.2) is 4.98 Å². The predicted octanol–water partition coefficient (Wildman–Crippen LogP) is 3.62. The first kappa shape index (κ1) is 17.1. The van der Waals surface area contributed by atoms with Crippen molar-refractivity contribution in [3.63, 3.8) is 0 Å². The quantitative estimate of drug-likeness (QED) is 0.730. The lowest BCUT2D eigenvalue weighted by Crippen LogP contribution is -2.27. The molecule has 0 fully saturated rings. The summed E-state index contributed by atoms with van der Waals surface area (Å²) in [6.07, 6.45) is 1.40. The Bertz CT molecular complexity index is 965. The summed E-state index contributed by atoms with van der Waals surface area (Å²) >= 11 is 3.35. The van der Waals surface area contributed by atoms with Gasteiger partial charge in [0.05, 0.1) is 12.0 Å². The number of hydrogen-bond donors (Lipinski definition) is 1. The number of carbonyl (C=O) groups excluding carboxylic acids is 1. The van der Waals surface area contributed by atoms with Gasteiger partial charge in [-0.15, -0.1) is 0 Å². The smallest absolute Gasteiger partial charge is 0.254 e. The first-order valence-electron chi connectivity index (χ1n) is 7.70. The van der Waals surface area contributed by atoms with Crippen molar-refractivity contribution in [2.75, 3.05) is 5.32 Å². The van der Waals surface area contributed by atoms with Gasteiger partial charge in [0.25, 0.3) is 5.56 Å². The first-order chi connectivity index (χ1) is 12.0. The third-order valence-electron chi connectivity index (χ3n) is 3.65. The van der Waals surface area contributed by atoms with Gasteiger partial charge in [0.15, 0.2) is 0 Å². The maximum absolute atomic E-state index is 12.3. The number of rotatable bonds is 4. The van der Waals surface area contributed by atoms with Crippen LogP contribution in [0.15, 0.2) is 70.2 Å². The summed E-state index contributed by atoms with van der Waals surface area (Å²) in [7, 11) is 0. The Hall–Kier alpha value is -2.73. The number of nitrogens with zero attached hydrogens (tertiary/aromatic N) is 2. The summed E-state index contributed by atoms with van der Waals surface area (Å²) in [6, 6.07) is 16.5. The van der Waals surface area contributed by atoms with Crippen LogP contribution in [0.5, 0.6) is 0 Å². The molecule has 0 aliphatic carbocycles. The third-order valence-corrected chi connectivity index (χ3v) is 4.14. The minimum atomic E-state index is -0.287. The topological polar surface area (TPSA) is 64.0 Å². The van der Waals surface area contributed by atoms with E-state index in [1.807, 2.05) is 43.3 Å². The van der Waals surface area contributed by atoms with Crippen molar-refractivity contribution in [1.82, 2.24) is 9.55 Å². The van der Waals surface area contributed by atoms with E-state index in [0.717, 1.165) is 15.6 Å². The number of hydrogen-bond acceptors (Lipinski definition) is 3. The molecule has 1 amide bonds. The number of anilines is 1. The van der Waals surface area contributed by atoms with Gasteiger partial charge in [-0.3, -0.25) is 14.2 Å². The van der Waals surface area contributed by atoms with E-state index >= 15 is 0 Å². The van der Waals surface area contributed by atoms with Gasteiger partial charge >= 0.3 is 0 Å². The number of aromatic nitrogens is 2. The molecular weight excluding hydrogens is 382 g/mol. The minimum absolute atomic E-state index is 0.0907. The molecule has 0 saturated heterocycles. The van der Waals surface area contributed by atoms with Crippen molar-refractivity contribution < 1.29 is 4.79 Å². The Kier molecular flexibility index (Phi) is 5.09. The molecule has 25 heavy (non-hydrogen) atoms. The van der Waals surface area contributed by atoms with Crippen LogP contribution in [-0.4, -0.2) is 15.5 Å². The van der Waals surface area contributed by atoms with E-state index in [0.29, 0.717) is 11.4 Å². The predicted molar refractivity (Wildman–Crippen MR) is 101 cm³/mol. The van der Waals surface area contributed by atoms with Crippen molar-refractivity contribution in [1.29, 1.82) is 0 Å². The Morgan fingerprint density at radius 3 is 2.60 bits per heavy atom. The van der Waals surface area contributed by atoms with Gasteiger partial charge in [-0.1, -0.05) is 51.8 Å². The van der Waals surface area contributed by atoms with Crippen LogP contribution >= 0.6 is 15.9 Å². The summed E-state index contributed by atoms with van der Waals surface area (Å²) in [4.78, 5) is 28.7. The Labute approximate surface area is 153 Å². The molecule has 0 saturated carbocycles. The van der Waals surface area contributed by atoms with Crippen LogP contribution in [0.3, 0.4) is 0 Å². The molecule has 0 atom stereocenters. The highest BCUT2D eigenvalue weighted by Gasteiger charge is 2.08. The largest absolute Gasteiger partial charge is 0.324 e. The highest BCUT2D eigenvalue weighted by molar-refractivity contribution is 9.10. The third kappa shape index (κ3) is 4.42. The SMILES string of the molecule is Cc1ccc(-c2cc(=O)n(CC(=O)Nc3cccc(Br)c3)cn2)cc1. The van der Waals surface area contributed by atoms with Crippen LogP contribution in [-0.2, 0) is 11.3 Å². The second-order valence-electron chi connectivity index (χ2n) is 5.66. The normalized spacial score (nSPS) is 10.5. The first-order valence-corrected chi connectivity index (χ1v) is 8.49. The highest BCUT2D eigenvalue weighted by atomic mass is 79.9. The maximum Gasteiger partial charge on any atom is 0.254 e. The fourth-order valence-corrected chi connectivity index (χ4v) is 2.75. The molecule has 0 aliphatic rings. The van der Waals surface area contributed by atoms with Gasteiger partial charge in [-0.05, 0) is 25.1 Å². The van der Waals surface area contributed by atoms with E-state index in [2.05, 4.69) is 26.2 Å². The standard InChI is InChI=1S/C19H16BrN3O2/c1-13-5-7-14(8-6-13)17-10-19(25)23(12-21-17)11-18(24)22-16-4-2-3-15(20)9-16/h2-10,12H,11H2,1H3,(H,22,24). The van der Waals surface area contributed by atoms with Crippen molar-refractivity contribution in [3.8, 4) is 11.3 Å². The lowest BCUT2D eigenvalue weighted by Gasteiger charge is -2.08. The fourth-order valence-electron chi connectivity index (χ4n) is 2.35. The molecule has 1 heterocycles. The lowest BCUT2D eigenvalue weighted by molar-refractivity contribution is -0.116. The molecule has 0 aliphatic heterocycles. The molecule has 1 N–H and O–H groups in total. The number of nitrogens with one attached hydrogen (secondary N) is 1. The van der Waals surface area contributed by atoms with E-state index in [1.165, 1.54) is 17.0 Å². The molecule has 5 nitrogen and oxygen atoms in total. The average Bonchev–Trinajstić information content (AvgIpc) is 2.57. The second kappa shape index (κ2) is 7.44. The van der Waals surface area contributed by atoms with Crippen molar-refractivity contribution >= 4 is 27.5 Å². The number of halogens is 1. The van der Waals surface area contributed by atoms with Crippen LogP contribution in [0.2, 0.25) is 0 Å². The zero-order chi connectivity index (χ0) is 17.8. The number of carbonyl (C=O) groups is 1. The van der Waals surface area contributed by atoms with E-state index in [4.69, 9.17) is 0 Å². The zero-order valence-corrected chi connectivity index (χ0v) is 15.2. The van der Waals surface area contributed by atoms with Gasteiger partial charge in [0.1, 0.15) is 6.54 Å². The molecule has 0 radical (unpaired) electrons. The Morgan fingerprint density at radius 2 is 1.92 bits per heavy atom. The van der Waals surface area contributed by atoms with Crippen LogP contribution in [0.1, 0.15) is 5.56 Å². The molecular formula is C19H16BrN3O2. The van der Waals surface area contributed by atoms with Crippen molar-refractivity contribution in [2.45, 2.75) is 13.5 Å². The molecule has 3 rings (SSSR count). The van der Waals surface area contributed by atoms with Crippen LogP contribution in [0.4, 0.5) is 5.69 Å². The van der Waals surface area contributed by atoms with Gasteiger partial charge in [-0.2, -0.15) is 0 Å². The molecule has 0 unspecified atom stereocenters. The molecule has 0 spiro atoms. The van der Waals surface area contributed by atoms with Gasteiger partial charge in [0, 0.05) is 21.8 Å². The summed E-state index contributed by atoms with van der Waals surface area (Å²) in [5.74, 6) is -0.287. The maximum atomic E-state index is 12.3.